The Morgan fingerprint density at radius 2 is 2.33 bits per heavy atom. The first-order valence-electron chi connectivity index (χ1n) is 3.23. The molecule has 1 aliphatic rings. The Kier molecular flexibility index (Phi) is 1.84. The van der Waals surface area contributed by atoms with Gasteiger partial charge in [-0.25, -0.2) is 0 Å². The molecule has 0 aromatic rings. The zero-order chi connectivity index (χ0) is 6.69. The minimum Gasteiger partial charge on any atom is -0.302 e. The third-order valence-corrected chi connectivity index (χ3v) is 1.95. The van der Waals surface area contributed by atoms with E-state index in [0.29, 0.717) is 5.92 Å². The molecular weight excluding hydrogens is 114 g/mol. The average Bonchev–Trinajstić information content (AvgIpc) is 1.78. The summed E-state index contributed by atoms with van der Waals surface area (Å²) in [6.45, 7) is 0. The Bertz CT molecular complexity index is 143. The van der Waals surface area contributed by atoms with Crippen LogP contribution in [0.15, 0.2) is 0 Å². The zero-order valence-corrected chi connectivity index (χ0v) is 5.21. The van der Waals surface area contributed by atoms with Gasteiger partial charge in [0.05, 0.1) is 6.07 Å². The van der Waals surface area contributed by atoms with Crippen molar-refractivity contribution in [1.82, 2.24) is 0 Å². The third-order valence-electron chi connectivity index (χ3n) is 1.95. The Morgan fingerprint density at radius 1 is 1.67 bits per heavy atom. The van der Waals surface area contributed by atoms with Crippen LogP contribution in [0.5, 0.6) is 0 Å². The van der Waals surface area contributed by atoms with Crippen LogP contribution in [0, 0.1) is 23.2 Å². The van der Waals surface area contributed by atoms with Crippen LogP contribution in [-0.2, 0) is 4.79 Å². The first kappa shape index (κ1) is 6.28. The van der Waals surface area contributed by atoms with Crippen LogP contribution in [0.25, 0.3) is 0 Å². The molecule has 1 saturated carbocycles. The van der Waals surface area contributed by atoms with Gasteiger partial charge in [-0.05, 0) is 18.8 Å². The molecule has 2 nitrogen and oxygen atoms in total. The van der Waals surface area contributed by atoms with Crippen molar-refractivity contribution in [1.29, 1.82) is 5.26 Å². The minimum atomic E-state index is -0.321. The molecule has 1 fully saturated rings. The number of nitrogens with zero attached hydrogens (tertiary/aromatic N) is 1. The van der Waals surface area contributed by atoms with Crippen LogP contribution in [0.3, 0.4) is 0 Å². The maximum Gasteiger partial charge on any atom is 0.137 e. The fourth-order valence-corrected chi connectivity index (χ4v) is 1.05. The summed E-state index contributed by atoms with van der Waals surface area (Å²) in [5.74, 6) is 0.0613. The van der Waals surface area contributed by atoms with Crippen LogP contribution in [0.4, 0.5) is 0 Å². The van der Waals surface area contributed by atoms with Crippen LogP contribution < -0.4 is 0 Å². The van der Waals surface area contributed by atoms with Crippen molar-refractivity contribution in [2.45, 2.75) is 19.3 Å². The molecule has 0 radical (unpaired) electrons. The lowest BCUT2D eigenvalue weighted by atomic mass is 9.77. The summed E-state index contributed by atoms with van der Waals surface area (Å²) in [7, 11) is 0. The SMILES string of the molecule is N#CC(C=O)C1CCC1. The Morgan fingerprint density at radius 3 is 2.44 bits per heavy atom. The number of carbonyl (C=O) groups excluding carboxylic acids is 1. The Balaban J connectivity index is 2.38. The Hall–Kier alpha value is -0.840. The number of aldehydes is 1. The van der Waals surface area contributed by atoms with Gasteiger partial charge in [-0.2, -0.15) is 5.26 Å². The minimum absolute atomic E-state index is 0.321. The molecule has 0 bridgehead atoms. The molecule has 2 heteroatoms. The molecule has 0 spiro atoms. The second-order valence-corrected chi connectivity index (χ2v) is 2.48. The van der Waals surface area contributed by atoms with Gasteiger partial charge in [0.1, 0.15) is 12.2 Å². The maximum absolute atomic E-state index is 10.1. The van der Waals surface area contributed by atoms with Gasteiger partial charge in [-0.1, -0.05) is 6.42 Å². The summed E-state index contributed by atoms with van der Waals surface area (Å²) in [4.78, 5) is 10.1. The van der Waals surface area contributed by atoms with Crippen molar-refractivity contribution in [3.05, 3.63) is 0 Å². The van der Waals surface area contributed by atoms with Gasteiger partial charge >= 0.3 is 0 Å². The molecule has 1 aliphatic carbocycles. The van der Waals surface area contributed by atoms with Gasteiger partial charge in [0.2, 0.25) is 0 Å². The molecule has 1 atom stereocenters. The summed E-state index contributed by atoms with van der Waals surface area (Å²) < 4.78 is 0. The predicted molar refractivity (Wildman–Crippen MR) is 32.5 cm³/mol. The molecule has 1 rings (SSSR count). The molecule has 0 aliphatic heterocycles. The van der Waals surface area contributed by atoms with Gasteiger partial charge in [0.25, 0.3) is 0 Å². The highest BCUT2D eigenvalue weighted by atomic mass is 16.1. The predicted octanol–water partition coefficient (Wildman–Crippen LogP) is 1.13. The smallest absolute Gasteiger partial charge is 0.137 e. The standard InChI is InChI=1S/C7H9NO/c8-4-7(5-9)6-2-1-3-6/h5-7H,1-3H2. The van der Waals surface area contributed by atoms with Crippen molar-refractivity contribution >= 4 is 6.29 Å². The summed E-state index contributed by atoms with van der Waals surface area (Å²) in [5.41, 5.74) is 0. The van der Waals surface area contributed by atoms with Crippen LogP contribution >= 0.6 is 0 Å². The summed E-state index contributed by atoms with van der Waals surface area (Å²) in [6, 6.07) is 1.99. The van der Waals surface area contributed by atoms with Crippen molar-refractivity contribution in [3.63, 3.8) is 0 Å². The van der Waals surface area contributed by atoms with Crippen LogP contribution in [-0.4, -0.2) is 6.29 Å². The number of carbonyl (C=O) groups is 1. The van der Waals surface area contributed by atoms with Gasteiger partial charge in [0, 0.05) is 0 Å². The highest BCUT2D eigenvalue weighted by Crippen LogP contribution is 2.31. The van der Waals surface area contributed by atoms with Crippen LogP contribution in [0.2, 0.25) is 0 Å². The molecule has 9 heavy (non-hydrogen) atoms. The van der Waals surface area contributed by atoms with Crippen molar-refractivity contribution in [2.24, 2.45) is 11.8 Å². The normalized spacial score (nSPS) is 21.7. The van der Waals surface area contributed by atoms with E-state index in [9.17, 15) is 4.79 Å². The zero-order valence-electron chi connectivity index (χ0n) is 5.21. The molecule has 0 aromatic carbocycles. The molecule has 48 valence electrons. The molecule has 0 amide bonds. The van der Waals surface area contributed by atoms with Crippen LogP contribution in [0.1, 0.15) is 19.3 Å². The molecule has 0 aromatic heterocycles. The summed E-state index contributed by atoms with van der Waals surface area (Å²) in [5, 5.41) is 8.38. The quantitative estimate of drug-likeness (QED) is 0.516. The first-order chi connectivity index (χ1) is 4.38. The molecule has 0 saturated heterocycles. The number of nitriles is 1. The lowest BCUT2D eigenvalue weighted by Gasteiger charge is -2.25. The number of hydrogen-bond acceptors (Lipinski definition) is 2. The first-order valence-corrected chi connectivity index (χ1v) is 3.23. The topological polar surface area (TPSA) is 40.9 Å². The highest BCUT2D eigenvalue weighted by molar-refractivity contribution is 5.58. The van der Waals surface area contributed by atoms with Crippen molar-refractivity contribution in [2.75, 3.05) is 0 Å². The molecular formula is C7H9NO. The van der Waals surface area contributed by atoms with E-state index >= 15 is 0 Å². The van der Waals surface area contributed by atoms with E-state index in [4.69, 9.17) is 5.26 Å². The van der Waals surface area contributed by atoms with Crippen molar-refractivity contribution < 1.29 is 4.79 Å². The lowest BCUT2D eigenvalue weighted by Crippen LogP contribution is -2.21. The van der Waals surface area contributed by atoms with E-state index in [1.54, 1.807) is 0 Å². The van der Waals surface area contributed by atoms with E-state index in [-0.39, 0.29) is 5.92 Å². The van der Waals surface area contributed by atoms with E-state index in [1.807, 2.05) is 6.07 Å². The molecule has 0 heterocycles. The largest absolute Gasteiger partial charge is 0.302 e. The maximum atomic E-state index is 10.1. The second kappa shape index (κ2) is 2.63. The highest BCUT2D eigenvalue weighted by Gasteiger charge is 2.26. The number of rotatable bonds is 2. The monoisotopic (exact) mass is 123 g/mol. The third kappa shape index (κ3) is 1.10. The second-order valence-electron chi connectivity index (χ2n) is 2.48. The lowest BCUT2D eigenvalue weighted by molar-refractivity contribution is -0.111. The summed E-state index contributed by atoms with van der Waals surface area (Å²) in [6.07, 6.45) is 4.09. The van der Waals surface area contributed by atoms with Gasteiger partial charge in [0.15, 0.2) is 0 Å². The van der Waals surface area contributed by atoms with Gasteiger partial charge in [-0.3, -0.25) is 0 Å². The average molecular weight is 123 g/mol. The van der Waals surface area contributed by atoms with Crippen molar-refractivity contribution in [3.8, 4) is 6.07 Å². The van der Waals surface area contributed by atoms with Gasteiger partial charge in [-0.15, -0.1) is 0 Å². The van der Waals surface area contributed by atoms with Gasteiger partial charge < -0.3 is 4.79 Å². The summed E-state index contributed by atoms with van der Waals surface area (Å²) >= 11 is 0. The van der Waals surface area contributed by atoms with E-state index in [1.165, 1.54) is 6.42 Å². The van der Waals surface area contributed by atoms with E-state index in [2.05, 4.69) is 0 Å². The Labute approximate surface area is 54.5 Å². The number of hydrogen-bond donors (Lipinski definition) is 0. The van der Waals surface area contributed by atoms with E-state index < -0.39 is 0 Å². The van der Waals surface area contributed by atoms with E-state index in [0.717, 1.165) is 19.1 Å². The molecule has 0 N–H and O–H groups in total. The fourth-order valence-electron chi connectivity index (χ4n) is 1.05. The fraction of sp³-hybridized carbons (Fsp3) is 0.714. The molecule has 1 unspecified atom stereocenters.